The number of fused-ring (bicyclic) bond motifs is 36. The highest BCUT2D eigenvalue weighted by Crippen LogP contribution is 2.54. The molecule has 0 radical (unpaired) electrons. The Hall–Kier alpha value is -17.5. The summed E-state index contributed by atoms with van der Waals surface area (Å²) in [4.78, 5) is 32.8. The molecule has 1 aliphatic rings. The Kier molecular flexibility index (Phi) is 17.3. The minimum absolute atomic E-state index is 0.262. The number of para-hydroxylation sites is 1. The zero-order chi connectivity index (χ0) is 93.7. The van der Waals surface area contributed by atoms with Crippen molar-refractivity contribution >= 4 is 278 Å². The maximum atomic E-state index is 6.55. The molecule has 0 saturated heterocycles. The van der Waals surface area contributed by atoms with Crippen LogP contribution in [0.1, 0.15) is 25.0 Å². The van der Waals surface area contributed by atoms with Gasteiger partial charge in [-0.2, -0.15) is 0 Å². The van der Waals surface area contributed by atoms with Crippen LogP contribution < -0.4 is 0 Å². The van der Waals surface area contributed by atoms with Crippen molar-refractivity contribution in [1.29, 1.82) is 0 Å². The number of hydrogen-bond acceptors (Lipinski definition) is 11. The van der Waals surface area contributed by atoms with Crippen LogP contribution in [0.2, 0.25) is 0 Å². The molecule has 0 saturated carbocycles. The Morgan fingerprint density at radius 1 is 0.231 bits per heavy atom. The van der Waals surface area contributed by atoms with Gasteiger partial charge in [0, 0.05) is 147 Å². The number of thiophene rings is 4. The molecule has 0 fully saturated rings. The highest BCUT2D eigenvalue weighted by Gasteiger charge is 2.41. The quantitative estimate of drug-likeness (QED) is 0.163. The van der Waals surface area contributed by atoms with E-state index in [9.17, 15) is 0 Å². The van der Waals surface area contributed by atoms with Gasteiger partial charge in [-0.15, -0.1) is 45.3 Å². The van der Waals surface area contributed by atoms with Gasteiger partial charge in [0.15, 0.2) is 5.58 Å². The molecule has 666 valence electrons. The van der Waals surface area contributed by atoms with E-state index in [1.807, 2.05) is 52.2 Å². The van der Waals surface area contributed by atoms with Gasteiger partial charge in [0.25, 0.3) is 0 Å². The molecule has 10 nitrogen and oxygen atoms in total. The molecule has 11 heterocycles. The van der Waals surface area contributed by atoms with E-state index < -0.39 is 0 Å². The predicted molar refractivity (Wildman–Crippen MR) is 607 cm³/mol. The van der Waals surface area contributed by atoms with E-state index in [1.54, 1.807) is 11.3 Å². The minimum atomic E-state index is -0.262. The van der Waals surface area contributed by atoms with Gasteiger partial charge < -0.3 is 4.42 Å². The topological polar surface area (TPSA) is 105 Å². The Morgan fingerprint density at radius 2 is 0.615 bits per heavy atom. The van der Waals surface area contributed by atoms with E-state index in [1.165, 1.54) is 179 Å². The first-order chi connectivity index (χ1) is 70.6. The average molecular weight is 1900 g/mol. The summed E-state index contributed by atoms with van der Waals surface area (Å²) in [5, 5.41) is 31.5. The number of rotatable bonds is 6. The van der Waals surface area contributed by atoms with Crippen LogP contribution in [-0.2, 0) is 5.41 Å². The molecule has 0 aliphatic heterocycles. The van der Waals surface area contributed by atoms with Crippen LogP contribution in [0.4, 0.5) is 0 Å². The van der Waals surface area contributed by atoms with Crippen molar-refractivity contribution in [3.8, 4) is 62.9 Å². The van der Waals surface area contributed by atoms with Gasteiger partial charge in [0.05, 0.1) is 60.4 Å². The first-order valence-electron chi connectivity index (χ1n) is 48.3. The molecular weight excluding hydrogens is 1820 g/mol. The largest absolute Gasteiger partial charge is 0.452 e. The van der Waals surface area contributed by atoms with E-state index in [0.717, 1.165) is 105 Å². The fourth-order valence-corrected chi connectivity index (χ4v) is 27.8. The first kappa shape index (κ1) is 80.4. The van der Waals surface area contributed by atoms with Crippen LogP contribution in [0.15, 0.2) is 423 Å². The molecule has 0 amide bonds. The van der Waals surface area contributed by atoms with Crippen molar-refractivity contribution in [1.82, 2.24) is 43.6 Å². The molecule has 0 atom stereocenters. The summed E-state index contributed by atoms with van der Waals surface area (Å²) in [5.74, 6) is 2.01. The third-order valence-corrected chi connectivity index (χ3v) is 34.5. The van der Waals surface area contributed by atoms with Crippen molar-refractivity contribution in [3.05, 3.63) is 430 Å². The lowest BCUT2D eigenvalue weighted by atomic mass is 9.81. The fourth-order valence-electron chi connectivity index (χ4n) is 23.3. The van der Waals surface area contributed by atoms with Crippen LogP contribution >= 0.6 is 45.3 Å². The number of nitrogens with zero attached hydrogens (tertiary/aromatic N) is 9. The van der Waals surface area contributed by atoms with Crippen molar-refractivity contribution in [2.45, 2.75) is 19.3 Å². The van der Waals surface area contributed by atoms with E-state index in [2.05, 4.69) is 428 Å². The van der Waals surface area contributed by atoms with E-state index in [0.29, 0.717) is 23.4 Å². The second-order valence-corrected chi connectivity index (χ2v) is 42.5. The number of aromatic nitrogens is 9. The SMILES string of the molecule is CC1(C)c2ccccc2-c2nc(-n3c4cc5ccccc5cc4c4c5ccccc5ccc43)nc(-c3ccc4c(c3)sc3ccccc34)c21.c1ccc2cc3c(cc2c1)c1c2ccccc2ccc1n3-c1nc(-c2ccc3sc4ccccc4c3c2)c2oc3ccccc3c2n1.c1ccc2cc3c(cc2c1)c1ccc2ccccc2c1n3-c1nc(-c2ccc3sc4ccccc4c3c2)c2sc3ccccc3c2n1. The second-order valence-electron chi connectivity index (χ2n) is 38.2. The zero-order valence-corrected chi connectivity index (χ0v) is 80.2. The van der Waals surface area contributed by atoms with Crippen LogP contribution in [-0.4, -0.2) is 43.6 Å². The van der Waals surface area contributed by atoms with Gasteiger partial charge >= 0.3 is 0 Å². The van der Waals surface area contributed by atoms with E-state index >= 15 is 0 Å². The molecule has 21 aromatic carbocycles. The Morgan fingerprint density at radius 3 is 1.21 bits per heavy atom. The van der Waals surface area contributed by atoms with E-state index in [-0.39, 0.29) is 5.41 Å². The summed E-state index contributed by atoms with van der Waals surface area (Å²) in [6.45, 7) is 4.64. The van der Waals surface area contributed by atoms with Crippen LogP contribution in [0.5, 0.6) is 0 Å². The van der Waals surface area contributed by atoms with Crippen molar-refractivity contribution < 1.29 is 4.42 Å². The normalized spacial score (nSPS) is 12.7. The molecule has 0 bridgehead atoms. The summed E-state index contributed by atoms with van der Waals surface area (Å²) >= 11 is 7.29. The summed E-state index contributed by atoms with van der Waals surface area (Å²) in [5.41, 5.74) is 20.4. The van der Waals surface area contributed by atoms with Gasteiger partial charge in [-0.3, -0.25) is 13.7 Å². The molecule has 0 unspecified atom stereocenters. The molecule has 32 aromatic rings. The monoisotopic (exact) mass is 1890 g/mol. The molecule has 11 aromatic heterocycles. The van der Waals surface area contributed by atoms with Gasteiger partial charge in [-0.05, 0) is 180 Å². The maximum absolute atomic E-state index is 6.55. The Bertz CT molecular complexity index is 11200. The van der Waals surface area contributed by atoms with Crippen LogP contribution in [0, 0.1) is 0 Å². The molecular formula is C129H75N9OS4. The summed E-state index contributed by atoms with van der Waals surface area (Å²) < 4.78 is 23.5. The highest BCUT2D eigenvalue weighted by atomic mass is 32.1. The first-order valence-corrected chi connectivity index (χ1v) is 51.6. The Balaban J connectivity index is 0.0000000981. The number of hydrogen-bond donors (Lipinski definition) is 0. The van der Waals surface area contributed by atoms with Gasteiger partial charge in [-0.25, -0.2) is 29.9 Å². The minimum Gasteiger partial charge on any atom is -0.452 e. The molecule has 14 heteroatoms. The second kappa shape index (κ2) is 30.8. The van der Waals surface area contributed by atoms with E-state index in [4.69, 9.17) is 34.3 Å². The number of benzene rings is 21. The number of furan rings is 1. The van der Waals surface area contributed by atoms with Crippen LogP contribution in [0.25, 0.3) is 296 Å². The summed E-state index contributed by atoms with van der Waals surface area (Å²) in [6.07, 6.45) is 0. The van der Waals surface area contributed by atoms with Crippen molar-refractivity contribution in [3.63, 3.8) is 0 Å². The third-order valence-electron chi connectivity index (χ3n) is 29.9. The summed E-state index contributed by atoms with van der Waals surface area (Å²) in [6, 6.07) is 151. The van der Waals surface area contributed by atoms with Crippen molar-refractivity contribution in [2.24, 2.45) is 0 Å². The molecule has 0 spiro atoms. The fraction of sp³-hybridized carbons (Fsp3) is 0.0233. The average Bonchev–Trinajstić information content (AvgIpc) is 1.55. The van der Waals surface area contributed by atoms with Gasteiger partial charge in [0.1, 0.15) is 16.8 Å². The smallest absolute Gasteiger partial charge is 0.236 e. The Labute approximate surface area is 831 Å². The molecule has 143 heavy (non-hydrogen) atoms. The summed E-state index contributed by atoms with van der Waals surface area (Å²) in [7, 11) is 0. The lowest BCUT2D eigenvalue weighted by molar-refractivity contribution is 0.657. The maximum Gasteiger partial charge on any atom is 0.236 e. The zero-order valence-electron chi connectivity index (χ0n) is 76.9. The van der Waals surface area contributed by atoms with Crippen LogP contribution in [0.3, 0.4) is 0 Å². The molecule has 33 rings (SSSR count). The standard InChI is InChI=1S/C45H29N3S.C42H23N3OS.C42H23N3S2/c1-45(2)35-17-9-7-16-33(35)43-41(45)42(29-19-21-32-31-15-8-10-18-38(31)49-39(32)25-29)46-44(47-43)48-36-22-20-26-11-5-6-14-30(26)40(36)34-23-27-12-3-4-13-28(27)24-37(34)48;1-2-11-26-23-34-32(21-25(26)10-1)38-28-12-4-3-9-24(28)17-19-33(38)45(34)42-43-39(41-40(44-42)30-14-5-7-15-35(30)46-41)27-18-20-37-31(22-27)29-13-6-8-16-36(29)47-37;1-2-11-26-23-34-32(21-25(26)10-1)30-19-17-24-9-3-4-12-28(24)40(30)45(34)42-43-38(41-39(44-42)31-14-6-8-16-36(31)47-41)27-18-20-37-33(22-27)29-13-5-7-15-35(29)46-37/h3-25H,1-2H3;2*1-23H. The van der Waals surface area contributed by atoms with Gasteiger partial charge in [-0.1, -0.05) is 317 Å². The lowest BCUT2D eigenvalue weighted by Crippen LogP contribution is -2.18. The van der Waals surface area contributed by atoms with Crippen molar-refractivity contribution in [2.75, 3.05) is 0 Å². The lowest BCUT2D eigenvalue weighted by Gasteiger charge is -2.24. The molecule has 0 N–H and O–H groups in total. The molecule has 1 aliphatic carbocycles. The predicted octanol–water partition coefficient (Wildman–Crippen LogP) is 36.3. The third kappa shape index (κ3) is 12.1. The van der Waals surface area contributed by atoms with Gasteiger partial charge in [0.2, 0.25) is 17.8 Å². The highest BCUT2D eigenvalue weighted by molar-refractivity contribution is 7.27.